The van der Waals surface area contributed by atoms with E-state index >= 15 is 0 Å². The van der Waals surface area contributed by atoms with Crippen molar-refractivity contribution in [3.63, 3.8) is 0 Å². The Balaban J connectivity index is 2.41. The molecule has 0 spiro atoms. The number of hydrogen-bond donors (Lipinski definition) is 1. The van der Waals surface area contributed by atoms with Crippen molar-refractivity contribution in [2.24, 2.45) is 5.41 Å². The lowest BCUT2D eigenvalue weighted by atomic mass is 9.89. The molecule has 20 heavy (non-hydrogen) atoms. The Kier molecular flexibility index (Phi) is 4.86. The predicted octanol–water partition coefficient (Wildman–Crippen LogP) is 4.51. The zero-order chi connectivity index (χ0) is 14.9. The van der Waals surface area contributed by atoms with Crippen molar-refractivity contribution in [3.05, 3.63) is 26.3 Å². The van der Waals surface area contributed by atoms with Gasteiger partial charge in [-0.1, -0.05) is 13.8 Å². The summed E-state index contributed by atoms with van der Waals surface area (Å²) in [4.78, 5) is 3.15. The third kappa shape index (κ3) is 3.40. The highest BCUT2D eigenvalue weighted by Gasteiger charge is 2.20. The smallest absolute Gasteiger partial charge is 0.178 e. The van der Waals surface area contributed by atoms with E-state index in [0.29, 0.717) is 14.9 Å². The molecule has 0 aliphatic carbocycles. The summed E-state index contributed by atoms with van der Waals surface area (Å²) in [5.41, 5.74) is 1.73. The summed E-state index contributed by atoms with van der Waals surface area (Å²) in [6.45, 7) is 5.76. The molecule has 0 fully saturated rings. The molecule has 0 aliphatic rings. The van der Waals surface area contributed by atoms with Gasteiger partial charge in [0.15, 0.2) is 4.77 Å². The first-order valence-corrected chi connectivity index (χ1v) is 7.89. The number of methoxy groups -OCH3 is 1. The van der Waals surface area contributed by atoms with Crippen molar-refractivity contribution in [3.8, 4) is 0 Å². The van der Waals surface area contributed by atoms with Crippen LogP contribution in [0.1, 0.15) is 20.3 Å². The van der Waals surface area contributed by atoms with E-state index in [4.69, 9.17) is 17.0 Å². The molecule has 6 heteroatoms. The van der Waals surface area contributed by atoms with Crippen LogP contribution in [0.3, 0.4) is 0 Å². The average molecular weight is 408 g/mol. The zero-order valence-corrected chi connectivity index (χ0v) is 14.8. The van der Waals surface area contributed by atoms with Gasteiger partial charge in [0.05, 0.1) is 14.6 Å². The molecule has 0 amide bonds. The second kappa shape index (κ2) is 6.11. The summed E-state index contributed by atoms with van der Waals surface area (Å²) < 4.78 is 22.1. The second-order valence-corrected chi connectivity index (χ2v) is 7.26. The molecule has 3 nitrogen and oxygen atoms in total. The van der Waals surface area contributed by atoms with Crippen molar-refractivity contribution in [1.82, 2.24) is 9.55 Å². The molecule has 0 unspecified atom stereocenters. The molecule has 1 aromatic carbocycles. The monoisotopic (exact) mass is 408 g/mol. The number of benzene rings is 1. The lowest BCUT2D eigenvalue weighted by molar-refractivity contribution is 0.143. The van der Waals surface area contributed by atoms with Gasteiger partial charge in [0.1, 0.15) is 5.82 Å². The summed E-state index contributed by atoms with van der Waals surface area (Å²) >= 11 is 7.36. The molecule has 0 atom stereocenters. The lowest BCUT2D eigenvalue weighted by Gasteiger charge is -2.25. The van der Waals surface area contributed by atoms with Gasteiger partial charge in [-0.2, -0.15) is 0 Å². The molecule has 0 saturated carbocycles. The zero-order valence-electron chi connectivity index (χ0n) is 11.8. The maximum atomic E-state index is 13.8. The van der Waals surface area contributed by atoms with E-state index in [1.165, 1.54) is 0 Å². The number of aromatic amines is 1. The van der Waals surface area contributed by atoms with Gasteiger partial charge in [-0.05, 0) is 52.7 Å². The molecular weight excluding hydrogens is 390 g/mol. The third-order valence-corrected chi connectivity index (χ3v) is 4.53. The van der Waals surface area contributed by atoms with Crippen molar-refractivity contribution in [2.45, 2.75) is 26.8 Å². The van der Waals surface area contributed by atoms with Crippen LogP contribution in [0, 0.1) is 19.6 Å². The number of fused-ring (bicyclic) bond motifs is 1. The largest absolute Gasteiger partial charge is 0.385 e. The fourth-order valence-corrected chi connectivity index (χ4v) is 2.93. The molecule has 0 saturated heterocycles. The van der Waals surface area contributed by atoms with Crippen LogP contribution in [-0.4, -0.2) is 23.3 Å². The maximum Gasteiger partial charge on any atom is 0.178 e. The minimum absolute atomic E-state index is 0.0306. The van der Waals surface area contributed by atoms with Gasteiger partial charge in [-0.15, -0.1) is 0 Å². The first kappa shape index (κ1) is 15.9. The molecule has 1 aromatic heterocycles. The first-order valence-electron chi connectivity index (χ1n) is 6.40. The van der Waals surface area contributed by atoms with Gasteiger partial charge >= 0.3 is 0 Å². The van der Waals surface area contributed by atoms with Crippen LogP contribution < -0.4 is 0 Å². The maximum absolute atomic E-state index is 13.8. The number of hydrogen-bond acceptors (Lipinski definition) is 2. The van der Waals surface area contributed by atoms with Crippen LogP contribution in [0.4, 0.5) is 4.39 Å². The summed E-state index contributed by atoms with van der Waals surface area (Å²) in [6, 6.07) is 3.34. The highest BCUT2D eigenvalue weighted by atomic mass is 127. The van der Waals surface area contributed by atoms with Crippen LogP contribution in [0.25, 0.3) is 11.0 Å². The van der Waals surface area contributed by atoms with Gasteiger partial charge in [0.25, 0.3) is 0 Å². The van der Waals surface area contributed by atoms with E-state index in [1.807, 2.05) is 27.2 Å². The number of ether oxygens (including phenoxy) is 1. The fraction of sp³-hybridized carbons (Fsp3) is 0.500. The van der Waals surface area contributed by atoms with Crippen LogP contribution in [0.2, 0.25) is 0 Å². The average Bonchev–Trinajstić information content (AvgIpc) is 2.64. The molecule has 0 bridgehead atoms. The number of halogens is 2. The fourth-order valence-electron chi connectivity index (χ4n) is 2.19. The predicted molar refractivity (Wildman–Crippen MR) is 90.1 cm³/mol. The SMILES string of the molecule is COCCC(C)(C)Cn1c(=S)[nH]c2cc(I)c(F)cc21. The van der Waals surface area contributed by atoms with Crippen LogP contribution >= 0.6 is 34.8 Å². The van der Waals surface area contributed by atoms with Crippen LogP contribution in [0.5, 0.6) is 0 Å². The molecule has 2 aromatic rings. The van der Waals surface area contributed by atoms with E-state index in [2.05, 4.69) is 18.8 Å². The number of nitrogens with zero attached hydrogens (tertiary/aromatic N) is 1. The van der Waals surface area contributed by atoms with Gasteiger partial charge in [-0.3, -0.25) is 0 Å². The normalized spacial score (nSPS) is 12.2. The summed E-state index contributed by atoms with van der Waals surface area (Å²) in [6.07, 6.45) is 0.921. The van der Waals surface area contributed by atoms with Gasteiger partial charge < -0.3 is 14.3 Å². The number of imidazole rings is 1. The number of aromatic nitrogens is 2. The highest BCUT2D eigenvalue weighted by Crippen LogP contribution is 2.27. The van der Waals surface area contributed by atoms with Crippen molar-refractivity contribution in [2.75, 3.05) is 13.7 Å². The molecule has 1 N–H and O–H groups in total. The van der Waals surface area contributed by atoms with E-state index < -0.39 is 0 Å². The van der Waals surface area contributed by atoms with Crippen LogP contribution in [0.15, 0.2) is 12.1 Å². The summed E-state index contributed by atoms with van der Waals surface area (Å²) in [5, 5.41) is 0. The minimum atomic E-state index is -0.212. The number of nitrogens with one attached hydrogen (secondary N) is 1. The molecule has 0 aliphatic heterocycles. The summed E-state index contributed by atoms with van der Waals surface area (Å²) in [7, 11) is 1.70. The summed E-state index contributed by atoms with van der Waals surface area (Å²) in [5.74, 6) is -0.212. The van der Waals surface area contributed by atoms with Crippen LogP contribution in [-0.2, 0) is 11.3 Å². The lowest BCUT2D eigenvalue weighted by Crippen LogP contribution is -2.21. The van der Waals surface area contributed by atoms with E-state index in [-0.39, 0.29) is 11.2 Å². The molecular formula is C14H18FIN2OS. The Morgan fingerprint density at radius 2 is 2.15 bits per heavy atom. The standard InChI is InChI=1S/C14H18FIN2OS/c1-14(2,4-5-19-3)8-18-12-6-9(15)10(16)7-11(12)17-13(18)20/h6-7H,4-5,8H2,1-3H3,(H,17,20). The quantitative estimate of drug-likeness (QED) is 0.583. The highest BCUT2D eigenvalue weighted by molar-refractivity contribution is 14.1. The number of H-pyrrole nitrogens is 1. The first-order chi connectivity index (χ1) is 9.34. The second-order valence-electron chi connectivity index (χ2n) is 5.71. The van der Waals surface area contributed by atoms with E-state index in [9.17, 15) is 4.39 Å². The molecule has 0 radical (unpaired) electrons. The topological polar surface area (TPSA) is 29.9 Å². The van der Waals surface area contributed by atoms with Gasteiger partial charge in [0, 0.05) is 26.3 Å². The Morgan fingerprint density at radius 3 is 2.80 bits per heavy atom. The minimum Gasteiger partial charge on any atom is -0.385 e. The Bertz CT molecular complexity index is 678. The third-order valence-electron chi connectivity index (χ3n) is 3.39. The van der Waals surface area contributed by atoms with E-state index in [1.54, 1.807) is 19.2 Å². The van der Waals surface area contributed by atoms with Gasteiger partial charge in [-0.25, -0.2) is 4.39 Å². The Morgan fingerprint density at radius 1 is 1.45 bits per heavy atom. The Hall–Kier alpha value is -0.470. The van der Waals surface area contributed by atoms with Crippen molar-refractivity contribution >= 4 is 45.8 Å². The van der Waals surface area contributed by atoms with Crippen molar-refractivity contribution in [1.29, 1.82) is 0 Å². The van der Waals surface area contributed by atoms with Crippen molar-refractivity contribution < 1.29 is 9.13 Å². The molecule has 1 heterocycles. The van der Waals surface area contributed by atoms with Gasteiger partial charge in [0.2, 0.25) is 0 Å². The Labute approximate surface area is 136 Å². The molecule has 2 rings (SSSR count). The van der Waals surface area contributed by atoms with E-state index in [0.717, 1.165) is 24.0 Å². The number of rotatable bonds is 5. The molecule has 110 valence electrons.